The number of benzene rings is 1. The predicted molar refractivity (Wildman–Crippen MR) is 84.9 cm³/mol. The topological polar surface area (TPSA) is 54.2 Å². The van der Waals surface area contributed by atoms with Crippen molar-refractivity contribution in [1.82, 2.24) is 9.88 Å². The van der Waals surface area contributed by atoms with Gasteiger partial charge in [0.05, 0.1) is 0 Å². The van der Waals surface area contributed by atoms with Crippen LogP contribution in [0.2, 0.25) is 0 Å². The standard InChI is InChI=1S/C16H22N4/c1-11-9-12(6-8-20(11)2)19-16-4-3-15(17)13-5-7-18-10-14(13)16/h3-5,7,10-12,19H,6,8-9,17H2,1-2H3. The molecule has 4 nitrogen and oxygen atoms in total. The first-order valence-electron chi connectivity index (χ1n) is 7.24. The summed E-state index contributed by atoms with van der Waals surface area (Å²) in [5, 5.41) is 5.87. The number of piperidine rings is 1. The molecule has 1 fully saturated rings. The molecule has 1 aliphatic rings. The Labute approximate surface area is 120 Å². The molecular formula is C16H22N4. The summed E-state index contributed by atoms with van der Waals surface area (Å²) in [5.74, 6) is 0. The molecule has 0 radical (unpaired) electrons. The van der Waals surface area contributed by atoms with Crippen LogP contribution in [0.25, 0.3) is 10.8 Å². The molecule has 20 heavy (non-hydrogen) atoms. The Morgan fingerprint density at radius 3 is 2.95 bits per heavy atom. The van der Waals surface area contributed by atoms with Gasteiger partial charge in [0.2, 0.25) is 0 Å². The number of likely N-dealkylation sites (tertiary alicyclic amines) is 1. The maximum atomic E-state index is 6.04. The van der Waals surface area contributed by atoms with Gasteiger partial charge < -0.3 is 16.0 Å². The van der Waals surface area contributed by atoms with Gasteiger partial charge in [-0.1, -0.05) is 0 Å². The van der Waals surface area contributed by atoms with E-state index in [0.29, 0.717) is 12.1 Å². The van der Waals surface area contributed by atoms with Crippen molar-refractivity contribution in [3.05, 3.63) is 30.6 Å². The van der Waals surface area contributed by atoms with Gasteiger partial charge in [0.25, 0.3) is 0 Å². The minimum Gasteiger partial charge on any atom is -0.398 e. The molecule has 2 atom stereocenters. The summed E-state index contributed by atoms with van der Waals surface area (Å²) in [6, 6.07) is 7.17. The molecule has 2 unspecified atom stereocenters. The molecule has 1 saturated heterocycles. The third-order valence-corrected chi connectivity index (χ3v) is 4.42. The van der Waals surface area contributed by atoms with Crippen LogP contribution in [-0.2, 0) is 0 Å². The van der Waals surface area contributed by atoms with Crippen molar-refractivity contribution in [2.24, 2.45) is 0 Å². The van der Waals surface area contributed by atoms with Crippen molar-refractivity contribution >= 4 is 22.1 Å². The van der Waals surface area contributed by atoms with E-state index in [1.54, 1.807) is 6.20 Å². The number of pyridine rings is 1. The molecule has 0 amide bonds. The number of nitrogens with one attached hydrogen (secondary N) is 1. The highest BCUT2D eigenvalue weighted by Gasteiger charge is 2.22. The second-order valence-electron chi connectivity index (χ2n) is 5.82. The number of hydrogen-bond acceptors (Lipinski definition) is 4. The average Bonchev–Trinajstić information content (AvgIpc) is 2.46. The van der Waals surface area contributed by atoms with Gasteiger partial charge in [0.1, 0.15) is 0 Å². The minimum absolute atomic E-state index is 0.522. The molecule has 4 heteroatoms. The fourth-order valence-corrected chi connectivity index (χ4v) is 2.98. The molecule has 3 N–H and O–H groups in total. The number of nitrogens with zero attached hydrogens (tertiary/aromatic N) is 2. The van der Waals surface area contributed by atoms with E-state index in [4.69, 9.17) is 5.73 Å². The minimum atomic E-state index is 0.522. The Morgan fingerprint density at radius 1 is 1.30 bits per heavy atom. The van der Waals surface area contributed by atoms with Crippen LogP contribution in [0.15, 0.2) is 30.6 Å². The van der Waals surface area contributed by atoms with Crippen LogP contribution in [-0.4, -0.2) is 35.6 Å². The fourth-order valence-electron chi connectivity index (χ4n) is 2.98. The average molecular weight is 270 g/mol. The zero-order valence-electron chi connectivity index (χ0n) is 12.1. The van der Waals surface area contributed by atoms with Gasteiger partial charge in [-0.3, -0.25) is 4.98 Å². The van der Waals surface area contributed by atoms with Gasteiger partial charge >= 0.3 is 0 Å². The smallest absolute Gasteiger partial charge is 0.0439 e. The van der Waals surface area contributed by atoms with Gasteiger partial charge in [0, 0.05) is 53.2 Å². The van der Waals surface area contributed by atoms with Crippen LogP contribution in [0.4, 0.5) is 11.4 Å². The molecule has 3 rings (SSSR count). The molecule has 106 valence electrons. The highest BCUT2D eigenvalue weighted by molar-refractivity contribution is 6.00. The lowest BCUT2D eigenvalue weighted by Crippen LogP contribution is -2.42. The lowest BCUT2D eigenvalue weighted by atomic mass is 9.98. The highest BCUT2D eigenvalue weighted by atomic mass is 15.1. The third kappa shape index (κ3) is 2.43. The first kappa shape index (κ1) is 13.2. The van der Waals surface area contributed by atoms with Crippen LogP contribution >= 0.6 is 0 Å². The van der Waals surface area contributed by atoms with E-state index in [2.05, 4.69) is 35.2 Å². The summed E-state index contributed by atoms with van der Waals surface area (Å²) in [4.78, 5) is 6.65. The Kier molecular flexibility index (Phi) is 3.49. The lowest BCUT2D eigenvalue weighted by Gasteiger charge is -2.36. The van der Waals surface area contributed by atoms with Gasteiger partial charge in [-0.15, -0.1) is 0 Å². The Bertz CT molecular complexity index is 610. The maximum Gasteiger partial charge on any atom is 0.0439 e. The van der Waals surface area contributed by atoms with E-state index in [-0.39, 0.29) is 0 Å². The molecule has 0 saturated carbocycles. The second-order valence-corrected chi connectivity index (χ2v) is 5.82. The van der Waals surface area contributed by atoms with Crippen molar-refractivity contribution in [3.63, 3.8) is 0 Å². The molecule has 1 aliphatic heterocycles. The monoisotopic (exact) mass is 270 g/mol. The molecule has 0 bridgehead atoms. The molecule has 0 spiro atoms. The number of anilines is 2. The molecule has 1 aromatic carbocycles. The summed E-state index contributed by atoms with van der Waals surface area (Å²) < 4.78 is 0. The van der Waals surface area contributed by atoms with Crippen LogP contribution in [0.1, 0.15) is 19.8 Å². The van der Waals surface area contributed by atoms with Gasteiger partial charge in [-0.2, -0.15) is 0 Å². The van der Waals surface area contributed by atoms with E-state index in [0.717, 1.165) is 28.7 Å². The van der Waals surface area contributed by atoms with Gasteiger partial charge in [0.15, 0.2) is 0 Å². The lowest BCUT2D eigenvalue weighted by molar-refractivity contribution is 0.190. The summed E-state index contributed by atoms with van der Waals surface area (Å²) in [6.45, 7) is 3.43. The summed E-state index contributed by atoms with van der Waals surface area (Å²) in [7, 11) is 2.20. The number of fused-ring (bicyclic) bond motifs is 1. The van der Waals surface area contributed by atoms with E-state index in [1.807, 2.05) is 18.3 Å². The maximum absolute atomic E-state index is 6.04. The van der Waals surface area contributed by atoms with E-state index in [1.165, 1.54) is 12.8 Å². The number of nitrogen functional groups attached to an aromatic ring is 1. The zero-order chi connectivity index (χ0) is 14.1. The second kappa shape index (κ2) is 5.29. The van der Waals surface area contributed by atoms with Crippen LogP contribution in [0.3, 0.4) is 0 Å². The number of nitrogens with two attached hydrogens (primary N) is 1. The van der Waals surface area contributed by atoms with Crippen molar-refractivity contribution in [3.8, 4) is 0 Å². The summed E-state index contributed by atoms with van der Waals surface area (Å²) in [5.41, 5.74) is 7.99. The van der Waals surface area contributed by atoms with Crippen molar-refractivity contribution < 1.29 is 0 Å². The Hall–Kier alpha value is -1.81. The van der Waals surface area contributed by atoms with E-state index in [9.17, 15) is 0 Å². The van der Waals surface area contributed by atoms with Crippen molar-refractivity contribution in [2.45, 2.75) is 31.8 Å². The number of rotatable bonds is 2. The highest BCUT2D eigenvalue weighted by Crippen LogP contribution is 2.29. The fraction of sp³-hybridized carbons (Fsp3) is 0.438. The largest absolute Gasteiger partial charge is 0.398 e. The molecule has 2 heterocycles. The summed E-state index contributed by atoms with van der Waals surface area (Å²) >= 11 is 0. The first-order chi connectivity index (χ1) is 9.65. The van der Waals surface area contributed by atoms with Gasteiger partial charge in [-0.25, -0.2) is 0 Å². The Balaban J connectivity index is 1.86. The predicted octanol–water partition coefficient (Wildman–Crippen LogP) is 2.71. The van der Waals surface area contributed by atoms with Crippen LogP contribution in [0.5, 0.6) is 0 Å². The number of aromatic nitrogens is 1. The van der Waals surface area contributed by atoms with E-state index >= 15 is 0 Å². The first-order valence-corrected chi connectivity index (χ1v) is 7.24. The molecule has 0 aliphatic carbocycles. The zero-order valence-corrected chi connectivity index (χ0v) is 12.1. The van der Waals surface area contributed by atoms with Crippen LogP contribution < -0.4 is 11.1 Å². The Morgan fingerprint density at radius 2 is 2.15 bits per heavy atom. The van der Waals surface area contributed by atoms with Gasteiger partial charge in [-0.05, 0) is 45.0 Å². The summed E-state index contributed by atoms with van der Waals surface area (Å²) in [6.07, 6.45) is 6.03. The normalized spacial score (nSPS) is 23.9. The van der Waals surface area contributed by atoms with E-state index < -0.39 is 0 Å². The quantitative estimate of drug-likeness (QED) is 0.824. The van der Waals surface area contributed by atoms with Crippen molar-refractivity contribution in [2.75, 3.05) is 24.6 Å². The third-order valence-electron chi connectivity index (χ3n) is 4.42. The molecule has 2 aromatic rings. The van der Waals surface area contributed by atoms with Crippen LogP contribution in [0, 0.1) is 0 Å². The molecule has 1 aromatic heterocycles. The molecular weight excluding hydrogens is 248 g/mol. The SMILES string of the molecule is CC1CC(Nc2ccc(N)c3ccncc23)CCN1C. The van der Waals surface area contributed by atoms with Crippen molar-refractivity contribution in [1.29, 1.82) is 0 Å². The number of hydrogen-bond donors (Lipinski definition) is 2.